The highest BCUT2D eigenvalue weighted by molar-refractivity contribution is 6.31. The van der Waals surface area contributed by atoms with Gasteiger partial charge in [-0.05, 0) is 66.6 Å². The number of unbranched alkanes of at least 4 members (excludes halogenated alkanes) is 1. The van der Waals surface area contributed by atoms with Crippen molar-refractivity contribution in [3.05, 3.63) is 87.9 Å². The minimum atomic E-state index is -0.736. The minimum absolute atomic E-state index is 0.233. The summed E-state index contributed by atoms with van der Waals surface area (Å²) in [5, 5.41) is 11.2. The highest BCUT2D eigenvalue weighted by Gasteiger charge is 2.30. The van der Waals surface area contributed by atoms with E-state index in [-0.39, 0.29) is 5.91 Å². The van der Waals surface area contributed by atoms with Crippen LogP contribution in [0.2, 0.25) is 5.02 Å². The van der Waals surface area contributed by atoms with Crippen molar-refractivity contribution in [2.75, 3.05) is 48.0 Å². The average molecular weight is 762 g/mol. The van der Waals surface area contributed by atoms with E-state index in [9.17, 15) is 4.79 Å². The Kier molecular flexibility index (Phi) is 12.0. The second kappa shape index (κ2) is 17.0. The van der Waals surface area contributed by atoms with Gasteiger partial charge < -0.3 is 53.4 Å². The molecule has 0 fully saturated rings. The third kappa shape index (κ3) is 7.96. The second-order valence-corrected chi connectivity index (χ2v) is 12.9. The molecule has 0 radical (unpaired) electrons. The molecule has 3 atom stereocenters. The molecule has 4 aromatic rings. The molecule has 1 amide bonds. The number of nitrogens with one attached hydrogen (secondary N) is 2. The summed E-state index contributed by atoms with van der Waals surface area (Å²) < 4.78 is 47.0. The van der Waals surface area contributed by atoms with Crippen molar-refractivity contribution in [1.29, 1.82) is 0 Å². The van der Waals surface area contributed by atoms with Crippen molar-refractivity contribution >= 4 is 28.9 Å². The number of hydrogen-bond acceptors (Lipinski definition) is 12. The lowest BCUT2D eigenvalue weighted by Gasteiger charge is -2.29. The molecule has 0 saturated carbocycles. The fourth-order valence-corrected chi connectivity index (χ4v) is 6.49. The van der Waals surface area contributed by atoms with Crippen LogP contribution in [-0.4, -0.2) is 60.6 Å². The number of rotatable bonds is 16. The molecule has 2 N–H and O–H groups in total. The first-order valence-corrected chi connectivity index (χ1v) is 17.8. The molecule has 3 unspecified atom stereocenters. The lowest BCUT2D eigenvalue weighted by atomic mass is 9.99. The summed E-state index contributed by atoms with van der Waals surface area (Å²) >= 11 is 6.11. The number of fused-ring (bicyclic) bond motifs is 1. The summed E-state index contributed by atoms with van der Waals surface area (Å²) in [4.78, 5) is 18.8. The van der Waals surface area contributed by atoms with Crippen LogP contribution in [-0.2, 0) is 4.84 Å². The Morgan fingerprint density at radius 3 is 2.02 bits per heavy atom. The van der Waals surface area contributed by atoms with Gasteiger partial charge in [0.15, 0.2) is 40.6 Å². The Labute approximate surface area is 319 Å². The monoisotopic (exact) mass is 761 g/mol. The van der Waals surface area contributed by atoms with Gasteiger partial charge in [0, 0.05) is 34.7 Å². The van der Waals surface area contributed by atoms with Crippen LogP contribution < -0.4 is 48.5 Å². The quantitative estimate of drug-likeness (QED) is 0.107. The van der Waals surface area contributed by atoms with Crippen LogP contribution >= 0.6 is 11.6 Å². The lowest BCUT2D eigenvalue weighted by molar-refractivity contribution is -0.00733. The fourth-order valence-electron chi connectivity index (χ4n) is 6.32. The molecule has 4 aromatic carbocycles. The molecule has 0 saturated heterocycles. The van der Waals surface area contributed by atoms with Crippen molar-refractivity contribution in [2.45, 2.75) is 51.2 Å². The van der Waals surface area contributed by atoms with Crippen LogP contribution in [0.4, 0.5) is 5.69 Å². The Bertz CT molecular complexity index is 1970. The van der Waals surface area contributed by atoms with Gasteiger partial charge in [0.05, 0.1) is 53.9 Å². The molecule has 2 aliphatic rings. The van der Waals surface area contributed by atoms with Crippen molar-refractivity contribution in [2.24, 2.45) is 5.16 Å². The SMILES string of the molecule is CCCCC(Oc1ccc(C2NC(=O)c3cc(Cl)ccc3N2)cc1OC)Oc1c(OC)cc(C2CC(c3cc(OC)c(OC)c(OC)c3)=NO2)cc1OC. The van der Waals surface area contributed by atoms with Crippen molar-refractivity contribution in [3.63, 3.8) is 0 Å². The molecule has 0 aromatic heterocycles. The smallest absolute Gasteiger partial charge is 0.255 e. The van der Waals surface area contributed by atoms with Crippen molar-refractivity contribution in [3.8, 4) is 46.0 Å². The second-order valence-electron chi connectivity index (χ2n) is 12.5. The van der Waals surface area contributed by atoms with Gasteiger partial charge in [-0.1, -0.05) is 36.2 Å². The number of hydrogen-bond donors (Lipinski definition) is 2. The number of ether oxygens (including phenoxy) is 8. The highest BCUT2D eigenvalue weighted by atomic mass is 35.5. The molecule has 13 nitrogen and oxygen atoms in total. The van der Waals surface area contributed by atoms with Crippen LogP contribution in [0, 0.1) is 0 Å². The number of benzene rings is 4. The van der Waals surface area contributed by atoms with Gasteiger partial charge in [-0.15, -0.1) is 0 Å². The number of nitrogens with zero attached hydrogens (tertiary/aromatic N) is 1. The summed E-state index contributed by atoms with van der Waals surface area (Å²) in [5.41, 5.74) is 4.19. The molecule has 6 rings (SSSR count). The summed E-state index contributed by atoms with van der Waals surface area (Å²) in [6.45, 7) is 2.09. The third-order valence-electron chi connectivity index (χ3n) is 9.15. The Balaban J connectivity index is 1.21. The first-order valence-electron chi connectivity index (χ1n) is 17.4. The summed E-state index contributed by atoms with van der Waals surface area (Å²) in [6.07, 6.45) is 1.10. The molecular formula is C40H44ClN3O10. The molecule has 2 heterocycles. The number of methoxy groups -OCH3 is 6. The number of anilines is 1. The predicted octanol–water partition coefficient (Wildman–Crippen LogP) is 8.09. The molecule has 286 valence electrons. The van der Waals surface area contributed by atoms with E-state index < -0.39 is 18.6 Å². The van der Waals surface area contributed by atoms with Gasteiger partial charge in [-0.2, -0.15) is 0 Å². The fraction of sp³-hybridized carbons (Fsp3) is 0.350. The zero-order valence-electron chi connectivity index (χ0n) is 31.2. The molecule has 2 aliphatic heterocycles. The molecule has 14 heteroatoms. The van der Waals surface area contributed by atoms with Crippen LogP contribution in [0.1, 0.15) is 71.9 Å². The first-order chi connectivity index (χ1) is 26.2. The molecule has 0 spiro atoms. The van der Waals surface area contributed by atoms with Crippen molar-refractivity contribution in [1.82, 2.24) is 5.32 Å². The zero-order valence-corrected chi connectivity index (χ0v) is 32.0. The Morgan fingerprint density at radius 1 is 0.741 bits per heavy atom. The van der Waals surface area contributed by atoms with E-state index in [1.807, 2.05) is 36.4 Å². The van der Waals surface area contributed by atoms with Gasteiger partial charge in [0.2, 0.25) is 17.8 Å². The summed E-state index contributed by atoms with van der Waals surface area (Å²) in [5.74, 6) is 3.45. The minimum Gasteiger partial charge on any atom is -0.493 e. The van der Waals surface area contributed by atoms with Gasteiger partial charge in [-0.25, -0.2) is 0 Å². The van der Waals surface area contributed by atoms with E-state index in [4.69, 9.17) is 54.3 Å². The van der Waals surface area contributed by atoms with Crippen LogP contribution in [0.25, 0.3) is 0 Å². The van der Waals surface area contributed by atoms with Gasteiger partial charge >= 0.3 is 0 Å². The Morgan fingerprint density at radius 2 is 1.39 bits per heavy atom. The first kappa shape index (κ1) is 38.0. The number of oxime groups is 1. The maximum atomic E-state index is 12.9. The Hall–Kier alpha value is -5.69. The molecule has 54 heavy (non-hydrogen) atoms. The van der Waals surface area contributed by atoms with E-state index >= 15 is 0 Å². The predicted molar refractivity (Wildman–Crippen MR) is 203 cm³/mol. The summed E-state index contributed by atoms with van der Waals surface area (Å²) in [6, 6.07) is 18.0. The van der Waals surface area contributed by atoms with E-state index in [0.717, 1.165) is 29.5 Å². The van der Waals surface area contributed by atoms with Crippen LogP contribution in [0.5, 0.6) is 46.0 Å². The lowest BCUT2D eigenvalue weighted by Crippen LogP contribution is -2.38. The topological polar surface area (TPSA) is 137 Å². The van der Waals surface area contributed by atoms with Crippen LogP contribution in [0.15, 0.2) is 65.8 Å². The average Bonchev–Trinajstić information content (AvgIpc) is 3.70. The highest BCUT2D eigenvalue weighted by Crippen LogP contribution is 2.45. The van der Waals surface area contributed by atoms with E-state index in [1.165, 1.54) is 0 Å². The maximum absolute atomic E-state index is 12.9. The van der Waals surface area contributed by atoms with Gasteiger partial charge in [0.25, 0.3) is 5.91 Å². The van der Waals surface area contributed by atoms with Gasteiger partial charge in [0.1, 0.15) is 6.17 Å². The number of halogens is 1. The summed E-state index contributed by atoms with van der Waals surface area (Å²) in [7, 11) is 9.38. The van der Waals surface area contributed by atoms with E-state index in [1.54, 1.807) is 66.9 Å². The van der Waals surface area contributed by atoms with Crippen LogP contribution in [0.3, 0.4) is 0 Å². The zero-order chi connectivity index (χ0) is 38.4. The third-order valence-corrected chi connectivity index (χ3v) is 9.38. The van der Waals surface area contributed by atoms with E-state index in [0.29, 0.717) is 80.8 Å². The number of amides is 1. The van der Waals surface area contributed by atoms with E-state index in [2.05, 4.69) is 22.7 Å². The molecule has 0 bridgehead atoms. The maximum Gasteiger partial charge on any atom is 0.255 e. The van der Waals surface area contributed by atoms with Gasteiger partial charge in [-0.3, -0.25) is 4.79 Å². The molecular weight excluding hydrogens is 718 g/mol. The standard InChI is InChI=1S/C40H44ClN3O10/c1-8-9-10-36(52-29-14-11-22(15-31(29)46-2)39-42-27-13-12-25(41)20-26(27)40(45)43-39)53-38-34(49-5)18-24(19-35(38)50-6)30-21-28(44-54-30)23-16-32(47-3)37(51-7)33(17-23)48-4/h11-20,30,36,39,42H,8-10,21H2,1-7H3,(H,43,45). The normalized spacial score (nSPS) is 16.4. The van der Waals surface area contributed by atoms with Crippen molar-refractivity contribution < 1.29 is 47.5 Å². The number of carbonyl (C=O) groups excluding carboxylic acids is 1. The largest absolute Gasteiger partial charge is 0.493 e. The number of carbonyl (C=O) groups is 1. The molecule has 0 aliphatic carbocycles.